The van der Waals surface area contributed by atoms with Crippen LogP contribution in [0, 0.1) is 6.92 Å². The summed E-state index contributed by atoms with van der Waals surface area (Å²) in [5, 5.41) is 3.13. The predicted octanol–water partition coefficient (Wildman–Crippen LogP) is 5.47. The number of aryl methyl sites for hydroxylation is 1. The molecular formula is C22H19NO. The Balaban J connectivity index is 1.78. The van der Waals surface area contributed by atoms with Gasteiger partial charge in [-0.1, -0.05) is 72.3 Å². The second kappa shape index (κ2) is 7.42. The van der Waals surface area contributed by atoms with E-state index in [2.05, 4.69) is 5.32 Å². The fraction of sp³-hybridized carbons (Fsp3) is 0.0455. The highest BCUT2D eigenvalue weighted by atomic mass is 16.1. The summed E-state index contributed by atoms with van der Waals surface area (Å²) in [6.45, 7) is 2.05. The van der Waals surface area contributed by atoms with Gasteiger partial charge in [0.15, 0.2) is 5.78 Å². The summed E-state index contributed by atoms with van der Waals surface area (Å²) in [7, 11) is 0. The molecule has 0 heterocycles. The van der Waals surface area contributed by atoms with Gasteiger partial charge in [-0.15, -0.1) is 0 Å². The molecule has 2 heteroatoms. The van der Waals surface area contributed by atoms with Gasteiger partial charge >= 0.3 is 0 Å². The van der Waals surface area contributed by atoms with Crippen molar-refractivity contribution in [3.63, 3.8) is 0 Å². The highest BCUT2D eigenvalue weighted by molar-refractivity contribution is 6.09. The SMILES string of the molecule is Cc1ccc(N/C=C/C(=O)c2ccccc2-c2ccccc2)cc1. The molecule has 0 amide bonds. The van der Waals surface area contributed by atoms with Crippen LogP contribution in [0.25, 0.3) is 11.1 Å². The minimum atomic E-state index is -0.0194. The first-order chi connectivity index (χ1) is 11.7. The minimum absolute atomic E-state index is 0.0194. The molecule has 3 aromatic carbocycles. The van der Waals surface area contributed by atoms with Crippen LogP contribution in [0.3, 0.4) is 0 Å². The molecule has 1 N–H and O–H groups in total. The van der Waals surface area contributed by atoms with Crippen LogP contribution in [0.4, 0.5) is 5.69 Å². The molecule has 0 radical (unpaired) electrons. The van der Waals surface area contributed by atoms with E-state index in [0.717, 1.165) is 16.8 Å². The Labute approximate surface area is 142 Å². The van der Waals surface area contributed by atoms with E-state index in [4.69, 9.17) is 0 Å². The van der Waals surface area contributed by atoms with E-state index in [1.54, 1.807) is 12.3 Å². The summed E-state index contributed by atoms with van der Waals surface area (Å²) in [6, 6.07) is 25.7. The highest BCUT2D eigenvalue weighted by Crippen LogP contribution is 2.24. The van der Waals surface area contributed by atoms with Crippen LogP contribution >= 0.6 is 0 Å². The van der Waals surface area contributed by atoms with Gasteiger partial charge in [0.05, 0.1) is 0 Å². The zero-order valence-electron chi connectivity index (χ0n) is 13.6. The van der Waals surface area contributed by atoms with Crippen molar-refractivity contribution in [2.24, 2.45) is 0 Å². The Kier molecular flexibility index (Phi) is 4.87. The van der Waals surface area contributed by atoms with Gasteiger partial charge in [-0.2, -0.15) is 0 Å². The number of allylic oxidation sites excluding steroid dienone is 1. The van der Waals surface area contributed by atoms with Crippen molar-refractivity contribution in [1.82, 2.24) is 0 Å². The van der Waals surface area contributed by atoms with E-state index >= 15 is 0 Å². The first-order valence-electron chi connectivity index (χ1n) is 7.92. The molecule has 0 aromatic heterocycles. The number of benzene rings is 3. The Morgan fingerprint density at radius 3 is 2.25 bits per heavy atom. The number of carbonyl (C=O) groups excluding carboxylic acids is 1. The largest absolute Gasteiger partial charge is 0.362 e. The second-order valence-electron chi connectivity index (χ2n) is 5.62. The third-order valence-electron chi connectivity index (χ3n) is 3.81. The van der Waals surface area contributed by atoms with Crippen molar-refractivity contribution in [2.75, 3.05) is 5.32 Å². The molecule has 0 aliphatic carbocycles. The molecule has 3 rings (SSSR count). The normalized spacial score (nSPS) is 10.7. The monoisotopic (exact) mass is 313 g/mol. The minimum Gasteiger partial charge on any atom is -0.362 e. The number of hydrogen-bond acceptors (Lipinski definition) is 2. The molecule has 0 bridgehead atoms. The van der Waals surface area contributed by atoms with E-state index in [1.165, 1.54) is 5.56 Å². The summed E-state index contributed by atoms with van der Waals surface area (Å²) in [5.74, 6) is -0.0194. The third-order valence-corrected chi connectivity index (χ3v) is 3.81. The van der Waals surface area contributed by atoms with Crippen molar-refractivity contribution in [1.29, 1.82) is 0 Å². The standard InChI is InChI=1S/C22H19NO/c1-17-11-13-19(14-12-17)23-16-15-22(24)21-10-6-5-9-20(21)18-7-3-2-4-8-18/h2-16,23H,1H3/b16-15+. The van der Waals surface area contributed by atoms with Crippen molar-refractivity contribution < 1.29 is 4.79 Å². The molecule has 24 heavy (non-hydrogen) atoms. The lowest BCUT2D eigenvalue weighted by molar-refractivity contribution is 0.104. The van der Waals surface area contributed by atoms with E-state index in [9.17, 15) is 4.79 Å². The van der Waals surface area contributed by atoms with Gasteiger partial charge in [-0.3, -0.25) is 4.79 Å². The first-order valence-corrected chi connectivity index (χ1v) is 7.92. The maximum Gasteiger partial charge on any atom is 0.187 e. The maximum absolute atomic E-state index is 12.6. The van der Waals surface area contributed by atoms with Crippen LogP contribution in [0.5, 0.6) is 0 Å². The Bertz CT molecular complexity index is 849. The number of carbonyl (C=O) groups is 1. The zero-order valence-corrected chi connectivity index (χ0v) is 13.6. The summed E-state index contributed by atoms with van der Waals surface area (Å²) < 4.78 is 0. The lowest BCUT2D eigenvalue weighted by Gasteiger charge is -2.07. The second-order valence-corrected chi connectivity index (χ2v) is 5.62. The van der Waals surface area contributed by atoms with Crippen LogP contribution in [0.1, 0.15) is 15.9 Å². The van der Waals surface area contributed by atoms with Gasteiger partial charge in [0.1, 0.15) is 0 Å². The van der Waals surface area contributed by atoms with Crippen LogP contribution in [0.15, 0.2) is 91.1 Å². The van der Waals surface area contributed by atoms with Crippen molar-refractivity contribution in [3.05, 3.63) is 102 Å². The first kappa shape index (κ1) is 15.8. The van der Waals surface area contributed by atoms with Crippen LogP contribution < -0.4 is 5.32 Å². The molecule has 0 saturated heterocycles. The van der Waals surface area contributed by atoms with Crippen molar-refractivity contribution in [3.8, 4) is 11.1 Å². The predicted molar refractivity (Wildman–Crippen MR) is 100 cm³/mol. The van der Waals surface area contributed by atoms with Crippen molar-refractivity contribution >= 4 is 11.5 Å². The number of hydrogen-bond donors (Lipinski definition) is 1. The average Bonchev–Trinajstić information content (AvgIpc) is 2.64. The summed E-state index contributed by atoms with van der Waals surface area (Å²) in [6.07, 6.45) is 3.26. The Morgan fingerprint density at radius 1 is 0.833 bits per heavy atom. The van der Waals surface area contributed by atoms with E-state index in [-0.39, 0.29) is 5.78 Å². The van der Waals surface area contributed by atoms with Crippen LogP contribution in [0.2, 0.25) is 0 Å². The van der Waals surface area contributed by atoms with Gasteiger partial charge in [0.2, 0.25) is 0 Å². The quantitative estimate of drug-likeness (QED) is 0.500. The number of anilines is 1. The molecule has 0 saturated carbocycles. The molecule has 0 unspecified atom stereocenters. The molecule has 118 valence electrons. The van der Waals surface area contributed by atoms with Gasteiger partial charge in [0, 0.05) is 23.5 Å². The van der Waals surface area contributed by atoms with Gasteiger partial charge in [0.25, 0.3) is 0 Å². The van der Waals surface area contributed by atoms with E-state index in [0.29, 0.717) is 5.56 Å². The molecule has 0 fully saturated rings. The van der Waals surface area contributed by atoms with Crippen LogP contribution in [-0.4, -0.2) is 5.78 Å². The maximum atomic E-state index is 12.6. The summed E-state index contributed by atoms with van der Waals surface area (Å²) >= 11 is 0. The van der Waals surface area contributed by atoms with Gasteiger partial charge < -0.3 is 5.32 Å². The average molecular weight is 313 g/mol. The molecular weight excluding hydrogens is 294 g/mol. The summed E-state index contributed by atoms with van der Waals surface area (Å²) in [5.41, 5.74) is 4.86. The molecule has 2 nitrogen and oxygen atoms in total. The molecule has 3 aromatic rings. The van der Waals surface area contributed by atoms with Crippen LogP contribution in [-0.2, 0) is 0 Å². The smallest absolute Gasteiger partial charge is 0.187 e. The molecule has 0 aliphatic rings. The molecule has 0 aliphatic heterocycles. The number of nitrogens with one attached hydrogen (secondary N) is 1. The topological polar surface area (TPSA) is 29.1 Å². The number of rotatable bonds is 5. The van der Waals surface area contributed by atoms with Gasteiger partial charge in [-0.25, -0.2) is 0 Å². The Morgan fingerprint density at radius 2 is 1.50 bits per heavy atom. The fourth-order valence-corrected chi connectivity index (χ4v) is 2.52. The zero-order chi connectivity index (χ0) is 16.8. The highest BCUT2D eigenvalue weighted by Gasteiger charge is 2.09. The summed E-state index contributed by atoms with van der Waals surface area (Å²) in [4.78, 5) is 12.6. The lowest BCUT2D eigenvalue weighted by Crippen LogP contribution is -1.99. The van der Waals surface area contributed by atoms with E-state index < -0.39 is 0 Å². The van der Waals surface area contributed by atoms with Crippen molar-refractivity contribution in [2.45, 2.75) is 6.92 Å². The molecule has 0 atom stereocenters. The third kappa shape index (κ3) is 3.79. The fourth-order valence-electron chi connectivity index (χ4n) is 2.52. The Hall–Kier alpha value is -3.13. The van der Waals surface area contributed by atoms with Gasteiger partial charge in [-0.05, 0) is 30.2 Å². The lowest BCUT2D eigenvalue weighted by atomic mass is 9.97. The van der Waals surface area contributed by atoms with E-state index in [1.807, 2.05) is 85.8 Å². The number of ketones is 1. The molecule has 0 spiro atoms.